The second-order valence-corrected chi connectivity index (χ2v) is 17.4. The molecule has 0 saturated heterocycles. The Morgan fingerprint density at radius 3 is 1.26 bits per heavy atom. The van der Waals surface area contributed by atoms with Gasteiger partial charge in [-0.1, -0.05) is 0 Å². The lowest BCUT2D eigenvalue weighted by molar-refractivity contribution is 0.451. The number of sulfone groups is 2. The van der Waals surface area contributed by atoms with E-state index in [0.29, 0.717) is 0 Å². The Bertz CT molecular complexity index is 1850. The van der Waals surface area contributed by atoms with Gasteiger partial charge in [0.05, 0.1) is 28.7 Å². The zero-order valence-corrected chi connectivity index (χ0v) is 23.0. The number of aromatic hydroxyl groups is 1. The molecule has 2 rings (SSSR count). The number of nitrogens with two attached hydrogens (primary N) is 1. The summed E-state index contributed by atoms with van der Waals surface area (Å²) < 4.78 is 179. The molecule has 0 radical (unpaired) electrons. The molecule has 0 amide bonds. The maximum absolute atomic E-state index is 12.8. The van der Waals surface area contributed by atoms with Crippen molar-refractivity contribution in [3.05, 3.63) is 12.1 Å². The van der Waals surface area contributed by atoms with Crippen LogP contribution < -0.4 is 5.73 Å². The molecule has 0 aromatic heterocycles. The first kappa shape index (κ1) is 32.1. The Balaban J connectivity index is 3.18. The van der Waals surface area contributed by atoms with Crippen molar-refractivity contribution in [3.8, 4) is 5.75 Å². The van der Waals surface area contributed by atoms with Gasteiger partial charge in [-0.3, -0.25) is 18.2 Å². The maximum atomic E-state index is 12.8. The third kappa shape index (κ3) is 7.07. The average molecular weight is 664 g/mol. The van der Waals surface area contributed by atoms with Crippen molar-refractivity contribution in [1.29, 1.82) is 0 Å². The molecule has 0 unspecified atom stereocenters. The highest BCUT2D eigenvalue weighted by atomic mass is 32.2. The minimum Gasteiger partial charge on any atom is -0.506 e. The normalized spacial score (nSPS) is 14.1. The second kappa shape index (κ2) is 9.79. The summed E-state index contributed by atoms with van der Waals surface area (Å²) >= 11 is 0. The summed E-state index contributed by atoms with van der Waals surface area (Å²) in [5.74, 6) is -7.91. The Hall–Kier alpha value is -2.16. The first-order chi connectivity index (χ1) is 16.7. The van der Waals surface area contributed by atoms with Gasteiger partial charge in [0.1, 0.15) is 25.3 Å². The van der Waals surface area contributed by atoms with Crippen molar-refractivity contribution in [2.75, 3.05) is 28.7 Å². The molecule has 0 aliphatic heterocycles. The van der Waals surface area contributed by atoms with Crippen molar-refractivity contribution >= 4 is 76.6 Å². The molecule has 2 aromatic carbocycles. The molecule has 7 N–H and O–H groups in total. The van der Waals surface area contributed by atoms with E-state index >= 15 is 0 Å². The van der Waals surface area contributed by atoms with Crippen LogP contribution in [-0.4, -0.2) is 96.8 Å². The molecule has 24 heteroatoms. The van der Waals surface area contributed by atoms with E-state index in [-0.39, 0.29) is 12.1 Å². The van der Waals surface area contributed by atoms with Gasteiger partial charge >= 0.3 is 0 Å². The summed E-state index contributed by atoms with van der Waals surface area (Å²) in [4.78, 5) is -6.53. The number of phenolic OH excluding ortho intramolecular Hbond substituents is 1. The minimum absolute atomic E-state index is 0.199. The van der Waals surface area contributed by atoms with Crippen LogP contribution in [-0.2, 0) is 60.1 Å². The predicted octanol–water partition coefficient (Wildman–Crippen LogP) is -2.06. The van der Waals surface area contributed by atoms with Crippen LogP contribution >= 0.6 is 0 Å². The fraction of sp³-hybridized carbons (Fsp3) is 0.286. The van der Waals surface area contributed by atoms with Crippen LogP contribution in [0.2, 0.25) is 0 Å². The van der Waals surface area contributed by atoms with Gasteiger partial charge in [0.15, 0.2) is 19.7 Å². The number of phenols is 1. The van der Waals surface area contributed by atoms with Crippen LogP contribution in [0.4, 0.5) is 5.69 Å². The Labute approximate surface area is 215 Å². The highest BCUT2D eigenvalue weighted by Gasteiger charge is 2.36. The molecule has 2 aromatic rings. The molecule has 0 bridgehead atoms. The number of hydrogen-bond donors (Lipinski definition) is 6. The molecular formula is C14H17NO17S6. The third-order valence-corrected chi connectivity index (χ3v) is 12.2. The highest BCUT2D eigenvalue weighted by molar-refractivity contribution is 7.95. The quantitative estimate of drug-likeness (QED) is 0.117. The van der Waals surface area contributed by atoms with Crippen LogP contribution in [0.3, 0.4) is 0 Å². The fourth-order valence-electron chi connectivity index (χ4n) is 3.13. The second-order valence-electron chi connectivity index (χ2n) is 7.43. The summed E-state index contributed by atoms with van der Waals surface area (Å²) in [5.41, 5.74) is 4.34. The van der Waals surface area contributed by atoms with E-state index in [2.05, 4.69) is 0 Å². The Morgan fingerprint density at radius 1 is 0.579 bits per heavy atom. The van der Waals surface area contributed by atoms with E-state index < -0.39 is 125 Å². The van der Waals surface area contributed by atoms with Crippen molar-refractivity contribution in [3.63, 3.8) is 0 Å². The molecule has 0 aliphatic rings. The van der Waals surface area contributed by atoms with Crippen LogP contribution in [0.25, 0.3) is 10.8 Å². The fourth-order valence-corrected chi connectivity index (χ4v) is 11.2. The zero-order chi connectivity index (χ0) is 29.9. The largest absolute Gasteiger partial charge is 0.506 e. The third-order valence-electron chi connectivity index (χ3n) is 4.67. The lowest BCUT2D eigenvalue weighted by Gasteiger charge is -2.18. The number of benzene rings is 2. The first-order valence-electron chi connectivity index (χ1n) is 9.12. The number of rotatable bonds is 10. The SMILES string of the molecule is Nc1c(S(=O)(=O)CCS(=O)(=O)O)c(S(=O)(=O)O)cc2cc(S(=O)(=O)O)c(S(=O)(=O)CCS(=O)(=O)O)c(O)c12. The van der Waals surface area contributed by atoms with Gasteiger partial charge in [-0.2, -0.15) is 33.7 Å². The predicted molar refractivity (Wildman–Crippen MR) is 127 cm³/mol. The number of anilines is 1. The van der Waals surface area contributed by atoms with Crippen LogP contribution in [0, 0.1) is 0 Å². The lowest BCUT2D eigenvalue weighted by atomic mass is 10.1. The van der Waals surface area contributed by atoms with Gasteiger partial charge in [-0.05, 0) is 17.5 Å². The molecular weight excluding hydrogens is 647 g/mol. The van der Waals surface area contributed by atoms with Gasteiger partial charge in [0.25, 0.3) is 40.5 Å². The molecule has 0 atom stereocenters. The van der Waals surface area contributed by atoms with Crippen molar-refractivity contribution < 1.29 is 73.8 Å². The Kier molecular flexibility index (Phi) is 8.26. The maximum Gasteiger partial charge on any atom is 0.295 e. The summed E-state index contributed by atoms with van der Waals surface area (Å²) in [6.07, 6.45) is 0. The summed E-state index contributed by atoms with van der Waals surface area (Å²) in [7, 11) is -31.6. The van der Waals surface area contributed by atoms with Gasteiger partial charge in [0.2, 0.25) is 0 Å². The van der Waals surface area contributed by atoms with Crippen LogP contribution in [0.5, 0.6) is 5.75 Å². The summed E-state index contributed by atoms with van der Waals surface area (Å²) in [5, 5.41) is 8.71. The molecule has 0 saturated carbocycles. The first-order valence-corrected chi connectivity index (χ1v) is 18.5. The molecule has 0 spiro atoms. The highest BCUT2D eigenvalue weighted by Crippen LogP contribution is 2.44. The molecule has 38 heavy (non-hydrogen) atoms. The van der Waals surface area contributed by atoms with E-state index in [4.69, 9.17) is 14.8 Å². The molecule has 0 heterocycles. The van der Waals surface area contributed by atoms with Crippen molar-refractivity contribution in [1.82, 2.24) is 0 Å². The number of hydrogen-bond acceptors (Lipinski definition) is 14. The van der Waals surface area contributed by atoms with E-state index in [1.165, 1.54) is 0 Å². The van der Waals surface area contributed by atoms with Crippen LogP contribution in [0.15, 0.2) is 31.7 Å². The van der Waals surface area contributed by atoms with E-state index in [1.54, 1.807) is 0 Å². The van der Waals surface area contributed by atoms with E-state index in [0.717, 1.165) is 0 Å². The van der Waals surface area contributed by atoms with Gasteiger partial charge in [-0.25, -0.2) is 16.8 Å². The van der Waals surface area contributed by atoms with Gasteiger partial charge < -0.3 is 10.8 Å². The lowest BCUT2D eigenvalue weighted by Crippen LogP contribution is -2.21. The molecule has 0 fully saturated rings. The molecule has 0 aliphatic carbocycles. The average Bonchev–Trinajstić information content (AvgIpc) is 2.67. The number of nitrogen functional groups attached to an aromatic ring is 1. The number of fused-ring (bicyclic) bond motifs is 1. The monoisotopic (exact) mass is 663 g/mol. The standard InChI is InChI=1S/C14H17NO17S6/c15-11-10-7(5-8(37(27,28)29)13(11)33(17,18)1-3-35(21,22)23)6-9(38(30,31)32)14(12(10)16)34(19,20)2-4-36(24,25)26/h5-6,16H,1-4,15H2,(H,21,22,23)(H,24,25,26)(H,27,28,29)(H,30,31,32). The topological polar surface area (TPSA) is 332 Å². The van der Waals surface area contributed by atoms with Gasteiger partial charge in [0, 0.05) is 5.39 Å². The minimum atomic E-state index is -5.63. The smallest absolute Gasteiger partial charge is 0.295 e. The van der Waals surface area contributed by atoms with Gasteiger partial charge in [-0.15, -0.1) is 0 Å². The summed E-state index contributed by atoms with van der Waals surface area (Å²) in [6, 6.07) is 0.397. The Morgan fingerprint density at radius 2 is 0.921 bits per heavy atom. The van der Waals surface area contributed by atoms with E-state index in [9.17, 15) is 64.7 Å². The zero-order valence-electron chi connectivity index (χ0n) is 18.1. The van der Waals surface area contributed by atoms with Crippen molar-refractivity contribution in [2.45, 2.75) is 19.6 Å². The van der Waals surface area contributed by atoms with E-state index in [1.807, 2.05) is 0 Å². The molecule has 216 valence electrons. The van der Waals surface area contributed by atoms with Crippen LogP contribution in [0.1, 0.15) is 0 Å². The van der Waals surface area contributed by atoms with Crippen molar-refractivity contribution in [2.24, 2.45) is 0 Å². The summed E-state index contributed by atoms with van der Waals surface area (Å²) in [6.45, 7) is 0. The molecule has 18 nitrogen and oxygen atoms in total.